The first-order chi connectivity index (χ1) is 11.1. The zero-order chi connectivity index (χ0) is 16.7. The van der Waals surface area contributed by atoms with Crippen molar-refractivity contribution in [2.75, 3.05) is 20.3 Å². The van der Waals surface area contributed by atoms with Gasteiger partial charge in [-0.05, 0) is 42.0 Å². The van der Waals surface area contributed by atoms with Gasteiger partial charge in [0.25, 0.3) is 5.91 Å². The molecule has 0 spiro atoms. The predicted octanol–water partition coefficient (Wildman–Crippen LogP) is 2.58. The Morgan fingerprint density at radius 3 is 2.65 bits per heavy atom. The van der Waals surface area contributed by atoms with Gasteiger partial charge in [0.2, 0.25) is 0 Å². The third-order valence-corrected chi connectivity index (χ3v) is 3.41. The smallest absolute Gasteiger partial charge is 0.258 e. The van der Waals surface area contributed by atoms with Gasteiger partial charge < -0.3 is 19.9 Å². The molecule has 2 aromatic carbocycles. The van der Waals surface area contributed by atoms with Gasteiger partial charge in [0.1, 0.15) is 11.5 Å². The molecule has 1 atom stereocenters. The molecule has 0 aliphatic carbocycles. The van der Waals surface area contributed by atoms with E-state index in [2.05, 4.69) is 5.32 Å². The van der Waals surface area contributed by atoms with Crippen molar-refractivity contribution in [1.29, 1.82) is 0 Å². The molecule has 0 radical (unpaired) electrons. The Kier molecular flexibility index (Phi) is 6.26. The van der Waals surface area contributed by atoms with Crippen LogP contribution in [0.1, 0.15) is 11.7 Å². The highest BCUT2D eigenvalue weighted by molar-refractivity contribution is 6.30. The van der Waals surface area contributed by atoms with Crippen LogP contribution >= 0.6 is 11.6 Å². The molecule has 0 saturated heterocycles. The molecule has 0 saturated carbocycles. The van der Waals surface area contributed by atoms with Gasteiger partial charge >= 0.3 is 0 Å². The van der Waals surface area contributed by atoms with Crippen LogP contribution in [0.3, 0.4) is 0 Å². The Hall–Kier alpha value is -2.24. The summed E-state index contributed by atoms with van der Waals surface area (Å²) in [5, 5.41) is 13.3. The van der Waals surface area contributed by atoms with Gasteiger partial charge in [-0.25, -0.2) is 0 Å². The molecule has 0 fully saturated rings. The highest BCUT2D eigenvalue weighted by Gasteiger charge is 2.10. The molecule has 5 nitrogen and oxygen atoms in total. The lowest BCUT2D eigenvalue weighted by Gasteiger charge is -2.13. The summed E-state index contributed by atoms with van der Waals surface area (Å²) in [7, 11) is 1.56. The maximum Gasteiger partial charge on any atom is 0.258 e. The van der Waals surface area contributed by atoms with Crippen molar-refractivity contribution >= 4 is 17.5 Å². The number of hydrogen-bond acceptors (Lipinski definition) is 4. The Labute approximate surface area is 139 Å². The second-order valence-corrected chi connectivity index (χ2v) is 5.28. The number of rotatable bonds is 7. The third kappa shape index (κ3) is 5.47. The lowest BCUT2D eigenvalue weighted by molar-refractivity contribution is -0.123. The molecule has 0 heterocycles. The SMILES string of the molecule is COc1cccc(C(O)CNC(=O)COc2ccc(Cl)cc2)c1. The lowest BCUT2D eigenvalue weighted by Crippen LogP contribution is -2.32. The van der Waals surface area contributed by atoms with Crippen LogP contribution in [0, 0.1) is 0 Å². The van der Waals surface area contributed by atoms with Crippen LogP contribution in [0.15, 0.2) is 48.5 Å². The minimum absolute atomic E-state index is 0.0932. The van der Waals surface area contributed by atoms with E-state index in [1.54, 1.807) is 55.6 Å². The van der Waals surface area contributed by atoms with Crippen molar-refractivity contribution in [1.82, 2.24) is 5.32 Å². The van der Waals surface area contributed by atoms with E-state index in [0.29, 0.717) is 22.1 Å². The maximum atomic E-state index is 11.7. The summed E-state index contributed by atoms with van der Waals surface area (Å²) in [5.74, 6) is 0.888. The number of ether oxygens (including phenoxy) is 2. The highest BCUT2D eigenvalue weighted by Crippen LogP contribution is 2.18. The fourth-order valence-corrected chi connectivity index (χ4v) is 2.03. The number of benzene rings is 2. The van der Waals surface area contributed by atoms with E-state index < -0.39 is 6.10 Å². The standard InChI is InChI=1S/C17H18ClNO4/c1-22-15-4-2-3-12(9-15)16(20)10-19-17(21)11-23-14-7-5-13(18)6-8-14/h2-9,16,20H,10-11H2,1H3,(H,19,21). The van der Waals surface area contributed by atoms with E-state index in [9.17, 15) is 9.90 Å². The zero-order valence-electron chi connectivity index (χ0n) is 12.7. The molecule has 0 aromatic heterocycles. The number of methoxy groups -OCH3 is 1. The first-order valence-electron chi connectivity index (χ1n) is 7.05. The minimum atomic E-state index is -0.815. The third-order valence-electron chi connectivity index (χ3n) is 3.15. The molecule has 0 bridgehead atoms. The number of hydrogen-bond donors (Lipinski definition) is 2. The molecule has 23 heavy (non-hydrogen) atoms. The fraction of sp³-hybridized carbons (Fsp3) is 0.235. The molecule has 0 aliphatic rings. The van der Waals surface area contributed by atoms with E-state index in [0.717, 1.165) is 0 Å². The molecule has 2 N–H and O–H groups in total. The van der Waals surface area contributed by atoms with Crippen molar-refractivity contribution in [3.05, 3.63) is 59.1 Å². The summed E-state index contributed by atoms with van der Waals surface area (Å²) in [4.78, 5) is 11.7. The summed E-state index contributed by atoms with van der Waals surface area (Å²) >= 11 is 5.77. The van der Waals surface area contributed by atoms with Crippen LogP contribution in [0.4, 0.5) is 0 Å². The van der Waals surface area contributed by atoms with E-state index in [1.807, 2.05) is 0 Å². The van der Waals surface area contributed by atoms with Gasteiger partial charge in [0.15, 0.2) is 6.61 Å². The Bertz CT molecular complexity index is 645. The average molecular weight is 336 g/mol. The summed E-state index contributed by atoms with van der Waals surface area (Å²) in [6, 6.07) is 13.8. The monoisotopic (exact) mass is 335 g/mol. The molecule has 6 heteroatoms. The van der Waals surface area contributed by atoms with E-state index in [1.165, 1.54) is 0 Å². The average Bonchev–Trinajstić information content (AvgIpc) is 2.59. The second-order valence-electron chi connectivity index (χ2n) is 4.84. The highest BCUT2D eigenvalue weighted by atomic mass is 35.5. The molecular weight excluding hydrogens is 318 g/mol. The van der Waals surface area contributed by atoms with Crippen molar-refractivity contribution in [2.24, 2.45) is 0 Å². The Balaban J connectivity index is 1.78. The van der Waals surface area contributed by atoms with Crippen molar-refractivity contribution in [2.45, 2.75) is 6.10 Å². The van der Waals surface area contributed by atoms with E-state index >= 15 is 0 Å². The second kappa shape index (κ2) is 8.41. The van der Waals surface area contributed by atoms with Crippen LogP contribution < -0.4 is 14.8 Å². The van der Waals surface area contributed by atoms with Gasteiger partial charge in [-0.15, -0.1) is 0 Å². The molecule has 2 rings (SSSR count). The number of carbonyl (C=O) groups excluding carboxylic acids is 1. The molecule has 1 amide bonds. The number of carbonyl (C=O) groups is 1. The van der Waals surface area contributed by atoms with Gasteiger partial charge in [-0.1, -0.05) is 23.7 Å². The lowest BCUT2D eigenvalue weighted by atomic mass is 10.1. The van der Waals surface area contributed by atoms with E-state index in [4.69, 9.17) is 21.1 Å². The topological polar surface area (TPSA) is 67.8 Å². The van der Waals surface area contributed by atoms with Gasteiger partial charge in [-0.2, -0.15) is 0 Å². The van der Waals surface area contributed by atoms with Crippen LogP contribution in [0.2, 0.25) is 5.02 Å². The number of aliphatic hydroxyl groups excluding tert-OH is 1. The summed E-state index contributed by atoms with van der Waals surface area (Å²) < 4.78 is 10.4. The summed E-state index contributed by atoms with van der Waals surface area (Å²) in [6.07, 6.45) is -0.815. The van der Waals surface area contributed by atoms with Crippen molar-refractivity contribution < 1.29 is 19.4 Å². The van der Waals surface area contributed by atoms with Crippen LogP contribution in [-0.2, 0) is 4.79 Å². The van der Waals surface area contributed by atoms with Gasteiger partial charge in [0.05, 0.1) is 13.2 Å². The van der Waals surface area contributed by atoms with Crippen LogP contribution in [-0.4, -0.2) is 31.3 Å². The fourth-order valence-electron chi connectivity index (χ4n) is 1.91. The van der Waals surface area contributed by atoms with Crippen LogP contribution in [0.25, 0.3) is 0 Å². The minimum Gasteiger partial charge on any atom is -0.497 e. The number of amides is 1. The van der Waals surface area contributed by atoms with Crippen molar-refractivity contribution in [3.8, 4) is 11.5 Å². The predicted molar refractivity (Wildman–Crippen MR) is 87.9 cm³/mol. The van der Waals surface area contributed by atoms with Crippen molar-refractivity contribution in [3.63, 3.8) is 0 Å². The number of nitrogens with one attached hydrogen (secondary N) is 1. The molecule has 0 aliphatic heterocycles. The number of halogens is 1. The largest absolute Gasteiger partial charge is 0.497 e. The Morgan fingerprint density at radius 2 is 1.96 bits per heavy atom. The van der Waals surface area contributed by atoms with E-state index in [-0.39, 0.29) is 19.1 Å². The normalized spacial score (nSPS) is 11.6. The molecule has 1 unspecified atom stereocenters. The zero-order valence-corrected chi connectivity index (χ0v) is 13.4. The quantitative estimate of drug-likeness (QED) is 0.816. The molecule has 122 valence electrons. The first kappa shape index (κ1) is 17.1. The summed E-state index contributed by atoms with van der Waals surface area (Å²) in [6.45, 7) is -0.0392. The van der Waals surface area contributed by atoms with Gasteiger partial charge in [0, 0.05) is 11.6 Å². The number of aliphatic hydroxyl groups is 1. The Morgan fingerprint density at radius 1 is 1.22 bits per heavy atom. The molecule has 2 aromatic rings. The van der Waals surface area contributed by atoms with Crippen LogP contribution in [0.5, 0.6) is 11.5 Å². The maximum absolute atomic E-state index is 11.7. The molecular formula is C17H18ClNO4. The summed E-state index contributed by atoms with van der Waals surface area (Å²) in [5.41, 5.74) is 0.670. The van der Waals surface area contributed by atoms with Gasteiger partial charge in [-0.3, -0.25) is 4.79 Å². The first-order valence-corrected chi connectivity index (χ1v) is 7.43.